The van der Waals surface area contributed by atoms with Crippen LogP contribution in [-0.4, -0.2) is 24.9 Å². The van der Waals surface area contributed by atoms with Crippen molar-refractivity contribution >= 4 is 23.7 Å². The Hall–Kier alpha value is -2.04. The Bertz CT molecular complexity index is 392. The van der Waals surface area contributed by atoms with Gasteiger partial charge in [0, 0.05) is 6.54 Å². The van der Waals surface area contributed by atoms with E-state index in [2.05, 4.69) is 16.0 Å². The predicted octanol–water partition coefficient (Wildman–Crippen LogP) is 0.165. The number of hydrogen-bond donors (Lipinski definition) is 3. The molecule has 2 amide bonds. The van der Waals surface area contributed by atoms with E-state index in [0.29, 0.717) is 13.0 Å². The van der Waals surface area contributed by atoms with Crippen molar-refractivity contribution < 1.29 is 9.59 Å². The third kappa shape index (κ3) is 1.90. The first kappa shape index (κ1) is 9.51. The van der Waals surface area contributed by atoms with Crippen molar-refractivity contribution in [3.8, 4) is 0 Å². The number of rotatable bonds is 2. The maximum atomic E-state index is 11.6. The van der Waals surface area contributed by atoms with E-state index in [1.54, 1.807) is 0 Å². The van der Waals surface area contributed by atoms with Crippen LogP contribution in [-0.2, 0) is 9.59 Å². The summed E-state index contributed by atoms with van der Waals surface area (Å²) < 4.78 is 0. The van der Waals surface area contributed by atoms with Gasteiger partial charge in [-0.15, -0.1) is 0 Å². The van der Waals surface area contributed by atoms with Crippen molar-refractivity contribution in [3.63, 3.8) is 0 Å². The fourth-order valence-corrected chi connectivity index (χ4v) is 1.49. The largest absolute Gasteiger partial charge is 0.381 e. The molecule has 1 aromatic carbocycles. The van der Waals surface area contributed by atoms with Gasteiger partial charge in [0.05, 0.1) is 11.4 Å². The first-order valence-corrected chi connectivity index (χ1v) is 4.65. The van der Waals surface area contributed by atoms with Crippen LogP contribution in [0.5, 0.6) is 0 Å². The average molecular weight is 205 g/mol. The molecule has 78 valence electrons. The highest BCUT2D eigenvalue weighted by Gasteiger charge is 2.21. The van der Waals surface area contributed by atoms with Crippen molar-refractivity contribution in [1.82, 2.24) is 5.32 Å². The van der Waals surface area contributed by atoms with Gasteiger partial charge < -0.3 is 16.0 Å². The highest BCUT2D eigenvalue weighted by molar-refractivity contribution is 6.00. The number of para-hydroxylation sites is 2. The molecule has 0 aromatic heterocycles. The monoisotopic (exact) mass is 205 g/mol. The van der Waals surface area contributed by atoms with E-state index in [0.717, 1.165) is 11.4 Å². The first-order chi connectivity index (χ1) is 7.31. The molecule has 0 aliphatic carbocycles. The molecule has 0 spiro atoms. The minimum atomic E-state index is -0.533. The van der Waals surface area contributed by atoms with Gasteiger partial charge in [-0.25, -0.2) is 0 Å². The predicted molar refractivity (Wildman–Crippen MR) is 56.5 cm³/mol. The Morgan fingerprint density at radius 3 is 2.80 bits per heavy atom. The maximum Gasteiger partial charge on any atom is 0.248 e. The van der Waals surface area contributed by atoms with Crippen LogP contribution in [0.2, 0.25) is 0 Å². The number of carbonyl (C=O) groups excluding carboxylic acids is 2. The molecule has 0 saturated heterocycles. The van der Waals surface area contributed by atoms with Crippen LogP contribution in [0.3, 0.4) is 0 Å². The van der Waals surface area contributed by atoms with Crippen LogP contribution in [0.25, 0.3) is 0 Å². The van der Waals surface area contributed by atoms with Crippen LogP contribution in [0.4, 0.5) is 11.4 Å². The van der Waals surface area contributed by atoms with Gasteiger partial charge in [0.25, 0.3) is 0 Å². The maximum absolute atomic E-state index is 11.6. The van der Waals surface area contributed by atoms with E-state index < -0.39 is 6.04 Å². The number of nitrogens with one attached hydrogen (secondary N) is 3. The topological polar surface area (TPSA) is 70.2 Å². The van der Waals surface area contributed by atoms with Crippen LogP contribution in [0.1, 0.15) is 0 Å². The van der Waals surface area contributed by atoms with Crippen molar-refractivity contribution in [2.45, 2.75) is 6.04 Å². The SMILES string of the molecule is O=CN[C@H]1CNc2ccccc2NC1=O. The number of anilines is 2. The summed E-state index contributed by atoms with van der Waals surface area (Å²) in [6.07, 6.45) is 0.530. The molecule has 2 rings (SSSR count). The molecule has 15 heavy (non-hydrogen) atoms. The Morgan fingerprint density at radius 2 is 2.07 bits per heavy atom. The summed E-state index contributed by atoms with van der Waals surface area (Å²) in [7, 11) is 0. The minimum absolute atomic E-state index is 0.209. The van der Waals surface area contributed by atoms with Gasteiger partial charge in [0.2, 0.25) is 12.3 Å². The van der Waals surface area contributed by atoms with Gasteiger partial charge in [-0.3, -0.25) is 9.59 Å². The van der Waals surface area contributed by atoms with Gasteiger partial charge in [0.1, 0.15) is 6.04 Å². The number of fused-ring (bicyclic) bond motifs is 1. The second kappa shape index (κ2) is 4.00. The summed E-state index contributed by atoms with van der Waals surface area (Å²) >= 11 is 0. The minimum Gasteiger partial charge on any atom is -0.381 e. The second-order valence-corrected chi connectivity index (χ2v) is 3.25. The summed E-state index contributed by atoms with van der Waals surface area (Å²) in [4.78, 5) is 21.9. The molecule has 5 nitrogen and oxygen atoms in total. The smallest absolute Gasteiger partial charge is 0.248 e. The summed E-state index contributed by atoms with van der Waals surface area (Å²) in [5.41, 5.74) is 1.60. The molecule has 0 fully saturated rings. The van der Waals surface area contributed by atoms with Crippen LogP contribution in [0.15, 0.2) is 24.3 Å². The zero-order chi connectivity index (χ0) is 10.7. The zero-order valence-corrected chi connectivity index (χ0v) is 7.99. The molecule has 0 unspecified atom stereocenters. The molecule has 3 N–H and O–H groups in total. The molecule has 0 saturated carbocycles. The Morgan fingerprint density at radius 1 is 1.33 bits per heavy atom. The molecule has 1 aliphatic rings. The standard InChI is InChI=1S/C10H11N3O2/c14-6-12-9-5-11-7-3-1-2-4-8(7)13-10(9)15/h1-4,6,9,11H,5H2,(H,12,14)(H,13,15)/t9-/m0/s1. The van der Waals surface area contributed by atoms with Gasteiger partial charge in [-0.05, 0) is 12.1 Å². The summed E-state index contributed by atoms with van der Waals surface area (Å²) in [5, 5.41) is 8.27. The molecule has 0 bridgehead atoms. The lowest BCUT2D eigenvalue weighted by atomic mass is 10.2. The number of benzene rings is 1. The van der Waals surface area contributed by atoms with Crippen molar-refractivity contribution in [3.05, 3.63) is 24.3 Å². The molecule has 0 radical (unpaired) electrons. The van der Waals surface area contributed by atoms with Crippen molar-refractivity contribution in [1.29, 1.82) is 0 Å². The van der Waals surface area contributed by atoms with Gasteiger partial charge in [-0.2, -0.15) is 0 Å². The molecular weight excluding hydrogens is 194 g/mol. The summed E-state index contributed by atoms with van der Waals surface area (Å²) in [6.45, 7) is 0.390. The molecule has 1 aromatic rings. The third-order valence-corrected chi connectivity index (χ3v) is 2.27. The van der Waals surface area contributed by atoms with E-state index in [1.165, 1.54) is 0 Å². The Balaban J connectivity index is 2.22. The Kier molecular flexibility index (Phi) is 2.53. The molecule has 5 heteroatoms. The highest BCUT2D eigenvalue weighted by Crippen LogP contribution is 2.22. The molecule has 1 aliphatic heterocycles. The van der Waals surface area contributed by atoms with E-state index in [-0.39, 0.29) is 5.91 Å². The lowest BCUT2D eigenvalue weighted by molar-refractivity contribution is -0.120. The van der Waals surface area contributed by atoms with E-state index in [4.69, 9.17) is 0 Å². The van der Waals surface area contributed by atoms with E-state index in [9.17, 15) is 9.59 Å². The quantitative estimate of drug-likeness (QED) is 0.602. The molecule has 1 atom stereocenters. The lowest BCUT2D eigenvalue weighted by Crippen LogP contribution is -2.43. The van der Waals surface area contributed by atoms with Gasteiger partial charge >= 0.3 is 0 Å². The molecule has 1 heterocycles. The number of carbonyl (C=O) groups is 2. The van der Waals surface area contributed by atoms with Crippen LogP contribution in [0, 0.1) is 0 Å². The van der Waals surface area contributed by atoms with E-state index >= 15 is 0 Å². The van der Waals surface area contributed by atoms with Crippen molar-refractivity contribution in [2.75, 3.05) is 17.2 Å². The number of amides is 2. The second-order valence-electron chi connectivity index (χ2n) is 3.25. The Labute approximate surface area is 86.9 Å². The highest BCUT2D eigenvalue weighted by atomic mass is 16.2. The third-order valence-electron chi connectivity index (χ3n) is 2.27. The van der Waals surface area contributed by atoms with Gasteiger partial charge in [0.15, 0.2) is 0 Å². The number of hydrogen-bond acceptors (Lipinski definition) is 3. The first-order valence-electron chi connectivity index (χ1n) is 4.65. The average Bonchev–Trinajstić information content (AvgIpc) is 2.40. The van der Waals surface area contributed by atoms with Crippen LogP contribution >= 0.6 is 0 Å². The fourth-order valence-electron chi connectivity index (χ4n) is 1.49. The summed E-state index contributed by atoms with van der Waals surface area (Å²) in [6, 6.07) is 6.87. The summed E-state index contributed by atoms with van der Waals surface area (Å²) in [5.74, 6) is -0.209. The van der Waals surface area contributed by atoms with Crippen molar-refractivity contribution in [2.24, 2.45) is 0 Å². The molecular formula is C10H11N3O2. The van der Waals surface area contributed by atoms with E-state index in [1.807, 2.05) is 24.3 Å². The zero-order valence-electron chi connectivity index (χ0n) is 7.99. The van der Waals surface area contributed by atoms with Crippen LogP contribution < -0.4 is 16.0 Å². The normalized spacial score (nSPS) is 19.2. The van der Waals surface area contributed by atoms with Gasteiger partial charge in [-0.1, -0.05) is 12.1 Å². The lowest BCUT2D eigenvalue weighted by Gasteiger charge is -2.10. The fraction of sp³-hybridized carbons (Fsp3) is 0.200.